The molecule has 19 heavy (non-hydrogen) atoms. The lowest BCUT2D eigenvalue weighted by molar-refractivity contribution is 0.0600. The molecule has 0 aliphatic heterocycles. The Morgan fingerprint density at radius 1 is 1.32 bits per heavy atom. The van der Waals surface area contributed by atoms with Crippen molar-refractivity contribution in [2.75, 3.05) is 12.9 Å². The molecule has 0 amide bonds. The van der Waals surface area contributed by atoms with E-state index < -0.39 is 15.8 Å². The highest BCUT2D eigenvalue weighted by molar-refractivity contribution is 7.90. The predicted octanol–water partition coefficient (Wildman–Crippen LogP) is 1.69. The van der Waals surface area contributed by atoms with Crippen LogP contribution >= 0.6 is 0 Å². The van der Waals surface area contributed by atoms with Crippen molar-refractivity contribution in [1.82, 2.24) is 0 Å². The molecular formula is C13H15NO4S. The van der Waals surface area contributed by atoms with E-state index in [0.29, 0.717) is 17.5 Å². The van der Waals surface area contributed by atoms with Gasteiger partial charge in [0, 0.05) is 6.42 Å². The molecule has 1 aromatic rings. The van der Waals surface area contributed by atoms with Gasteiger partial charge in [0.15, 0.2) is 9.84 Å². The van der Waals surface area contributed by atoms with Crippen molar-refractivity contribution >= 4 is 15.8 Å². The van der Waals surface area contributed by atoms with E-state index in [1.807, 2.05) is 6.07 Å². The Hall–Kier alpha value is -1.87. The molecule has 0 fully saturated rings. The van der Waals surface area contributed by atoms with E-state index in [2.05, 4.69) is 4.74 Å². The number of carbonyl (C=O) groups excluding carboxylic acids is 1. The summed E-state index contributed by atoms with van der Waals surface area (Å²) in [5, 5.41) is 8.37. The fraction of sp³-hybridized carbons (Fsp3) is 0.385. The summed E-state index contributed by atoms with van der Waals surface area (Å²) < 4.78 is 28.1. The third-order valence-corrected chi connectivity index (χ3v) is 4.19. The Labute approximate surface area is 112 Å². The number of hydrogen-bond acceptors (Lipinski definition) is 5. The standard InChI is InChI=1S/C13H15NO4S/c1-18-13(15)12-6-4-11(5-7-12)10-19(16,17)9-3-2-8-14/h4-7H,2-3,9-10H2,1H3. The zero-order valence-corrected chi connectivity index (χ0v) is 11.4. The topological polar surface area (TPSA) is 84.2 Å². The first-order valence-corrected chi connectivity index (χ1v) is 7.55. The first kappa shape index (κ1) is 15.2. The molecule has 0 aromatic heterocycles. The number of nitriles is 1. The summed E-state index contributed by atoms with van der Waals surface area (Å²) >= 11 is 0. The third kappa shape index (κ3) is 5.10. The van der Waals surface area contributed by atoms with Gasteiger partial charge in [0.05, 0.1) is 30.2 Å². The number of ether oxygens (including phenoxy) is 1. The van der Waals surface area contributed by atoms with Crippen LogP contribution in [0.4, 0.5) is 0 Å². The average Bonchev–Trinajstić information content (AvgIpc) is 2.38. The molecular weight excluding hydrogens is 266 g/mol. The fourth-order valence-electron chi connectivity index (χ4n) is 1.55. The second-order valence-corrected chi connectivity index (χ2v) is 6.23. The fourth-order valence-corrected chi connectivity index (χ4v) is 2.98. The number of carbonyl (C=O) groups is 1. The van der Waals surface area contributed by atoms with Crippen LogP contribution in [0.25, 0.3) is 0 Å². The smallest absolute Gasteiger partial charge is 0.337 e. The Balaban J connectivity index is 2.67. The number of nitrogens with zero attached hydrogens (tertiary/aromatic N) is 1. The molecule has 1 rings (SSSR count). The highest BCUT2D eigenvalue weighted by Crippen LogP contribution is 2.11. The van der Waals surface area contributed by atoms with Gasteiger partial charge in [-0.15, -0.1) is 0 Å². The van der Waals surface area contributed by atoms with Gasteiger partial charge in [0.25, 0.3) is 0 Å². The molecule has 0 spiro atoms. The molecule has 0 N–H and O–H groups in total. The second-order valence-electron chi connectivity index (χ2n) is 4.04. The zero-order valence-electron chi connectivity index (χ0n) is 10.6. The van der Waals surface area contributed by atoms with E-state index in [4.69, 9.17) is 5.26 Å². The van der Waals surface area contributed by atoms with E-state index in [0.717, 1.165) is 0 Å². The molecule has 1 aromatic carbocycles. The summed E-state index contributed by atoms with van der Waals surface area (Å²) in [6, 6.07) is 8.16. The average molecular weight is 281 g/mol. The maximum atomic E-state index is 11.7. The number of hydrogen-bond donors (Lipinski definition) is 0. The highest BCUT2D eigenvalue weighted by atomic mass is 32.2. The van der Waals surface area contributed by atoms with Crippen molar-refractivity contribution in [2.45, 2.75) is 18.6 Å². The number of unbranched alkanes of at least 4 members (excludes halogenated alkanes) is 1. The Bertz CT molecular complexity index is 570. The lowest BCUT2D eigenvalue weighted by Gasteiger charge is -2.04. The second kappa shape index (κ2) is 6.90. The van der Waals surface area contributed by atoms with Gasteiger partial charge in [0.2, 0.25) is 0 Å². The van der Waals surface area contributed by atoms with Gasteiger partial charge in [0.1, 0.15) is 0 Å². The van der Waals surface area contributed by atoms with Crippen LogP contribution in [0.5, 0.6) is 0 Å². The van der Waals surface area contributed by atoms with Gasteiger partial charge in [-0.3, -0.25) is 0 Å². The largest absolute Gasteiger partial charge is 0.465 e. The molecule has 0 unspecified atom stereocenters. The van der Waals surface area contributed by atoms with Gasteiger partial charge in [-0.1, -0.05) is 12.1 Å². The number of benzene rings is 1. The zero-order chi connectivity index (χ0) is 14.3. The molecule has 0 atom stereocenters. The monoisotopic (exact) mass is 281 g/mol. The third-order valence-electron chi connectivity index (χ3n) is 2.51. The quantitative estimate of drug-likeness (QED) is 0.585. The van der Waals surface area contributed by atoms with E-state index in [1.54, 1.807) is 12.1 Å². The molecule has 0 saturated carbocycles. The molecule has 102 valence electrons. The Kier molecular flexibility index (Phi) is 5.52. The van der Waals surface area contributed by atoms with Crippen molar-refractivity contribution in [3.63, 3.8) is 0 Å². The lowest BCUT2D eigenvalue weighted by Crippen LogP contribution is -2.09. The van der Waals surface area contributed by atoms with Crippen LogP contribution in [-0.4, -0.2) is 27.2 Å². The van der Waals surface area contributed by atoms with E-state index in [-0.39, 0.29) is 17.9 Å². The molecule has 0 saturated heterocycles. The molecule has 0 radical (unpaired) electrons. The molecule has 6 heteroatoms. The highest BCUT2D eigenvalue weighted by Gasteiger charge is 2.12. The van der Waals surface area contributed by atoms with E-state index in [9.17, 15) is 13.2 Å². The summed E-state index contributed by atoms with van der Waals surface area (Å²) in [4.78, 5) is 11.2. The summed E-state index contributed by atoms with van der Waals surface area (Å²) in [6.45, 7) is 0. The van der Waals surface area contributed by atoms with Gasteiger partial charge in [-0.2, -0.15) is 5.26 Å². The van der Waals surface area contributed by atoms with Crippen molar-refractivity contribution in [1.29, 1.82) is 5.26 Å². The molecule has 0 aliphatic carbocycles. The van der Waals surface area contributed by atoms with Crippen LogP contribution < -0.4 is 0 Å². The summed E-state index contributed by atoms with van der Waals surface area (Å²) in [5.74, 6) is -0.539. The SMILES string of the molecule is COC(=O)c1ccc(CS(=O)(=O)CCCC#N)cc1. The van der Waals surface area contributed by atoms with Crippen LogP contribution in [0.1, 0.15) is 28.8 Å². The van der Waals surface area contributed by atoms with Crippen LogP contribution in [0.2, 0.25) is 0 Å². The number of sulfone groups is 1. The summed E-state index contributed by atoms with van der Waals surface area (Å²) in [6.07, 6.45) is 0.583. The van der Waals surface area contributed by atoms with Crippen LogP contribution in [0.15, 0.2) is 24.3 Å². The maximum absolute atomic E-state index is 11.7. The number of esters is 1. The van der Waals surface area contributed by atoms with Crippen molar-refractivity contribution in [3.05, 3.63) is 35.4 Å². The van der Waals surface area contributed by atoms with Crippen LogP contribution in [0.3, 0.4) is 0 Å². The van der Waals surface area contributed by atoms with Crippen LogP contribution in [-0.2, 0) is 20.3 Å². The Morgan fingerprint density at radius 2 is 1.95 bits per heavy atom. The first-order chi connectivity index (χ1) is 8.98. The van der Waals surface area contributed by atoms with Gasteiger partial charge in [-0.05, 0) is 24.1 Å². The number of methoxy groups -OCH3 is 1. The molecule has 0 aliphatic rings. The van der Waals surface area contributed by atoms with Gasteiger partial charge in [-0.25, -0.2) is 13.2 Å². The number of rotatable bonds is 6. The molecule has 0 heterocycles. The first-order valence-electron chi connectivity index (χ1n) is 5.73. The Morgan fingerprint density at radius 3 is 2.47 bits per heavy atom. The molecule has 0 bridgehead atoms. The molecule has 5 nitrogen and oxygen atoms in total. The van der Waals surface area contributed by atoms with Crippen LogP contribution in [0, 0.1) is 11.3 Å². The lowest BCUT2D eigenvalue weighted by atomic mass is 10.1. The van der Waals surface area contributed by atoms with Crippen molar-refractivity contribution < 1.29 is 17.9 Å². The van der Waals surface area contributed by atoms with Gasteiger partial charge < -0.3 is 4.74 Å². The summed E-state index contributed by atoms with van der Waals surface area (Å²) in [7, 11) is -1.93. The summed E-state index contributed by atoms with van der Waals surface area (Å²) in [5.41, 5.74) is 0.998. The maximum Gasteiger partial charge on any atom is 0.337 e. The predicted molar refractivity (Wildman–Crippen MR) is 70.1 cm³/mol. The van der Waals surface area contributed by atoms with E-state index in [1.165, 1.54) is 19.2 Å². The minimum absolute atomic E-state index is 0.000681. The minimum Gasteiger partial charge on any atom is -0.465 e. The van der Waals surface area contributed by atoms with Crippen molar-refractivity contribution in [3.8, 4) is 6.07 Å². The van der Waals surface area contributed by atoms with Crippen molar-refractivity contribution in [2.24, 2.45) is 0 Å². The van der Waals surface area contributed by atoms with E-state index >= 15 is 0 Å². The minimum atomic E-state index is -3.21. The van der Waals surface area contributed by atoms with Gasteiger partial charge >= 0.3 is 5.97 Å². The normalized spacial score (nSPS) is 10.7.